The van der Waals surface area contributed by atoms with E-state index in [4.69, 9.17) is 0 Å². The molecule has 2 aliphatic heterocycles. The number of nitrogens with zero attached hydrogens (tertiary/aromatic N) is 3. The molecule has 2 fully saturated rings. The molecule has 23 heavy (non-hydrogen) atoms. The van der Waals surface area contributed by atoms with Crippen molar-refractivity contribution in [2.45, 2.75) is 31.7 Å². The number of fused-ring (bicyclic) bond motifs is 1. The van der Waals surface area contributed by atoms with E-state index in [-0.39, 0.29) is 5.91 Å². The highest BCUT2D eigenvalue weighted by Crippen LogP contribution is 2.24. The van der Waals surface area contributed by atoms with Crippen LogP contribution in [-0.4, -0.2) is 52.5 Å². The lowest BCUT2D eigenvalue weighted by molar-refractivity contribution is 0.0599. The van der Waals surface area contributed by atoms with Crippen LogP contribution in [0.4, 0.5) is 0 Å². The number of rotatable bonds is 2. The molecule has 0 unspecified atom stereocenters. The lowest BCUT2D eigenvalue weighted by Gasteiger charge is -2.37. The van der Waals surface area contributed by atoms with E-state index in [1.165, 1.54) is 32.4 Å². The van der Waals surface area contributed by atoms with Gasteiger partial charge < -0.3 is 9.47 Å². The van der Waals surface area contributed by atoms with Crippen molar-refractivity contribution in [1.82, 2.24) is 14.4 Å². The second kappa shape index (κ2) is 6.00. The molecule has 2 saturated heterocycles. The Balaban J connectivity index is 1.56. The quantitative estimate of drug-likeness (QED) is 0.853. The van der Waals surface area contributed by atoms with Crippen LogP contribution in [0, 0.1) is 0 Å². The molecule has 1 amide bonds. The second-order valence-electron chi connectivity index (χ2n) is 6.94. The summed E-state index contributed by atoms with van der Waals surface area (Å²) in [4.78, 5) is 17.7. The molecule has 4 rings (SSSR count). The van der Waals surface area contributed by atoms with Gasteiger partial charge in [0.2, 0.25) is 0 Å². The Bertz CT molecular complexity index is 714. The molecular formula is C19H25N3O. The number of hydrogen-bond donors (Lipinski definition) is 0. The maximum atomic E-state index is 13.0. The number of amides is 1. The monoisotopic (exact) mass is 311 g/mol. The van der Waals surface area contributed by atoms with Gasteiger partial charge in [-0.2, -0.15) is 0 Å². The fourth-order valence-electron chi connectivity index (χ4n) is 4.20. The number of aryl methyl sites for hydroxylation is 1. The number of piperidine rings is 1. The van der Waals surface area contributed by atoms with E-state index < -0.39 is 0 Å². The summed E-state index contributed by atoms with van der Waals surface area (Å²) in [7, 11) is 2.00. The molecular weight excluding hydrogens is 286 g/mol. The fourth-order valence-corrected chi connectivity index (χ4v) is 4.20. The molecule has 3 heterocycles. The Morgan fingerprint density at radius 3 is 2.65 bits per heavy atom. The summed E-state index contributed by atoms with van der Waals surface area (Å²) in [6.07, 6.45) is 4.98. The predicted octanol–water partition coefficient (Wildman–Crippen LogP) is 2.88. The smallest absolute Gasteiger partial charge is 0.270 e. The van der Waals surface area contributed by atoms with Crippen LogP contribution in [0.2, 0.25) is 0 Å². The maximum absolute atomic E-state index is 13.0. The molecule has 1 aromatic heterocycles. The first-order valence-electron chi connectivity index (χ1n) is 8.82. The average Bonchev–Trinajstić information content (AvgIpc) is 3.23. The van der Waals surface area contributed by atoms with Gasteiger partial charge in [-0.25, -0.2) is 0 Å². The highest BCUT2D eigenvalue weighted by Gasteiger charge is 2.30. The first-order valence-corrected chi connectivity index (χ1v) is 8.82. The normalized spacial score (nSPS) is 22.8. The van der Waals surface area contributed by atoms with Crippen molar-refractivity contribution in [3.05, 3.63) is 36.0 Å². The topological polar surface area (TPSA) is 28.5 Å². The number of carbonyl (C=O) groups excluding carboxylic acids is 1. The van der Waals surface area contributed by atoms with Crippen molar-refractivity contribution in [3.8, 4) is 0 Å². The molecule has 4 nitrogen and oxygen atoms in total. The third-order valence-electron chi connectivity index (χ3n) is 5.51. The Morgan fingerprint density at radius 1 is 1.09 bits per heavy atom. The highest BCUT2D eigenvalue weighted by atomic mass is 16.2. The molecule has 1 aromatic carbocycles. The molecule has 122 valence electrons. The SMILES string of the molecule is Cn1c(C(=O)N2CCC[C@H](N3CCCC3)C2)cc2ccccc21. The minimum Gasteiger partial charge on any atom is -0.340 e. The molecule has 0 spiro atoms. The standard InChI is InChI=1S/C19H25N3O/c1-20-17-9-3-2-7-15(17)13-18(20)19(23)22-12-6-8-16(14-22)21-10-4-5-11-21/h2-3,7,9,13,16H,4-6,8,10-12,14H2,1H3/t16-/m0/s1. The Morgan fingerprint density at radius 2 is 1.87 bits per heavy atom. The molecule has 1 atom stereocenters. The molecule has 2 aliphatic rings. The van der Waals surface area contributed by atoms with Gasteiger partial charge >= 0.3 is 0 Å². The molecule has 0 bridgehead atoms. The van der Waals surface area contributed by atoms with Crippen molar-refractivity contribution in [2.75, 3.05) is 26.2 Å². The number of aromatic nitrogens is 1. The van der Waals surface area contributed by atoms with Crippen molar-refractivity contribution in [3.63, 3.8) is 0 Å². The van der Waals surface area contributed by atoms with Crippen LogP contribution < -0.4 is 0 Å². The van der Waals surface area contributed by atoms with E-state index in [0.29, 0.717) is 6.04 Å². The van der Waals surface area contributed by atoms with Gasteiger partial charge in [0.1, 0.15) is 5.69 Å². The lowest BCUT2D eigenvalue weighted by atomic mass is 10.0. The third kappa shape index (κ3) is 2.65. The second-order valence-corrected chi connectivity index (χ2v) is 6.94. The van der Waals surface area contributed by atoms with Gasteiger partial charge in [0.05, 0.1) is 0 Å². The molecule has 0 radical (unpaired) electrons. The van der Waals surface area contributed by atoms with Crippen LogP contribution in [0.15, 0.2) is 30.3 Å². The summed E-state index contributed by atoms with van der Waals surface area (Å²) in [6, 6.07) is 10.8. The number of carbonyl (C=O) groups is 1. The predicted molar refractivity (Wildman–Crippen MR) is 92.7 cm³/mol. The summed E-state index contributed by atoms with van der Waals surface area (Å²) >= 11 is 0. The van der Waals surface area contributed by atoms with Crippen LogP contribution in [-0.2, 0) is 7.05 Å². The van der Waals surface area contributed by atoms with Crippen molar-refractivity contribution in [2.24, 2.45) is 7.05 Å². The van der Waals surface area contributed by atoms with Gasteiger partial charge in [-0.05, 0) is 50.9 Å². The molecule has 0 aliphatic carbocycles. The molecule has 4 heteroatoms. The zero-order valence-electron chi connectivity index (χ0n) is 13.9. The summed E-state index contributed by atoms with van der Waals surface area (Å²) in [5, 5.41) is 1.14. The maximum Gasteiger partial charge on any atom is 0.270 e. The first-order chi connectivity index (χ1) is 11.2. The molecule has 0 N–H and O–H groups in total. The van der Waals surface area contributed by atoms with Crippen LogP contribution in [0.1, 0.15) is 36.2 Å². The highest BCUT2D eigenvalue weighted by molar-refractivity contribution is 5.98. The summed E-state index contributed by atoms with van der Waals surface area (Å²) in [6.45, 7) is 4.20. The largest absolute Gasteiger partial charge is 0.340 e. The van der Waals surface area contributed by atoms with Crippen molar-refractivity contribution >= 4 is 16.8 Å². The van der Waals surface area contributed by atoms with Crippen molar-refractivity contribution < 1.29 is 4.79 Å². The van der Waals surface area contributed by atoms with Gasteiger partial charge in [0, 0.05) is 37.1 Å². The van der Waals surface area contributed by atoms with E-state index in [1.807, 2.05) is 29.8 Å². The lowest BCUT2D eigenvalue weighted by Crippen LogP contribution is -2.49. The number of likely N-dealkylation sites (tertiary alicyclic amines) is 2. The van der Waals surface area contributed by atoms with Crippen LogP contribution >= 0.6 is 0 Å². The van der Waals surface area contributed by atoms with Crippen LogP contribution in [0.3, 0.4) is 0 Å². The third-order valence-corrected chi connectivity index (χ3v) is 5.51. The van der Waals surface area contributed by atoms with E-state index in [1.54, 1.807) is 0 Å². The zero-order valence-corrected chi connectivity index (χ0v) is 13.9. The average molecular weight is 311 g/mol. The molecule has 2 aromatic rings. The number of para-hydroxylation sites is 1. The van der Waals surface area contributed by atoms with Gasteiger partial charge in [-0.15, -0.1) is 0 Å². The zero-order chi connectivity index (χ0) is 15.8. The molecule has 0 saturated carbocycles. The van der Waals surface area contributed by atoms with Gasteiger partial charge in [-0.3, -0.25) is 9.69 Å². The Kier molecular flexibility index (Phi) is 3.85. The summed E-state index contributed by atoms with van der Waals surface area (Å²) < 4.78 is 2.04. The number of benzene rings is 1. The number of hydrogen-bond acceptors (Lipinski definition) is 2. The van der Waals surface area contributed by atoms with Gasteiger partial charge in [0.25, 0.3) is 5.91 Å². The first kappa shape index (κ1) is 14.8. The minimum absolute atomic E-state index is 0.188. The van der Waals surface area contributed by atoms with Crippen molar-refractivity contribution in [1.29, 1.82) is 0 Å². The van der Waals surface area contributed by atoms with E-state index in [0.717, 1.165) is 36.1 Å². The van der Waals surface area contributed by atoms with E-state index >= 15 is 0 Å². The fraction of sp³-hybridized carbons (Fsp3) is 0.526. The minimum atomic E-state index is 0.188. The summed E-state index contributed by atoms with van der Waals surface area (Å²) in [5.41, 5.74) is 1.94. The van der Waals surface area contributed by atoms with E-state index in [9.17, 15) is 4.79 Å². The van der Waals surface area contributed by atoms with Gasteiger partial charge in [0.15, 0.2) is 0 Å². The van der Waals surface area contributed by atoms with Gasteiger partial charge in [-0.1, -0.05) is 18.2 Å². The van der Waals surface area contributed by atoms with Crippen LogP contribution in [0.25, 0.3) is 10.9 Å². The Hall–Kier alpha value is -1.81. The van der Waals surface area contributed by atoms with Crippen LogP contribution in [0.5, 0.6) is 0 Å². The Labute approximate surface area is 137 Å². The van der Waals surface area contributed by atoms with E-state index in [2.05, 4.69) is 21.9 Å². The summed E-state index contributed by atoms with van der Waals surface area (Å²) in [5.74, 6) is 0.188.